The lowest BCUT2D eigenvalue weighted by atomic mass is 10.2. The summed E-state index contributed by atoms with van der Waals surface area (Å²) in [4.78, 5) is 26.0. The lowest BCUT2D eigenvalue weighted by molar-refractivity contribution is -0.141. The van der Waals surface area contributed by atoms with Crippen molar-refractivity contribution in [1.29, 1.82) is 0 Å². The van der Waals surface area contributed by atoms with E-state index in [9.17, 15) is 14.7 Å². The maximum Gasteiger partial charge on any atom is 0.326 e. The second kappa shape index (κ2) is 7.10. The quantitative estimate of drug-likeness (QED) is 0.651. The summed E-state index contributed by atoms with van der Waals surface area (Å²) in [6.45, 7) is 4.61. The van der Waals surface area contributed by atoms with Crippen LogP contribution in [0.15, 0.2) is 12.7 Å². The van der Waals surface area contributed by atoms with Gasteiger partial charge in [-0.25, -0.2) is 9.59 Å². The number of hydrogen-bond donors (Lipinski definition) is 2. The van der Waals surface area contributed by atoms with Crippen molar-refractivity contribution in [1.82, 2.24) is 9.80 Å². The van der Waals surface area contributed by atoms with Crippen molar-refractivity contribution in [2.75, 3.05) is 33.4 Å². The second-order valence-corrected chi connectivity index (χ2v) is 4.41. The predicted octanol–water partition coefficient (Wildman–Crippen LogP) is -0.239. The van der Waals surface area contributed by atoms with E-state index in [2.05, 4.69) is 6.58 Å². The first-order chi connectivity index (χ1) is 9.01. The topological polar surface area (TPSA) is 90.3 Å². The summed E-state index contributed by atoms with van der Waals surface area (Å²) in [7, 11) is 1.52. The van der Waals surface area contributed by atoms with E-state index in [-0.39, 0.29) is 13.0 Å². The van der Waals surface area contributed by atoms with Crippen molar-refractivity contribution in [2.24, 2.45) is 0 Å². The number of carbonyl (C=O) groups excluding carboxylic acids is 1. The van der Waals surface area contributed by atoms with E-state index < -0.39 is 24.1 Å². The van der Waals surface area contributed by atoms with E-state index in [1.807, 2.05) is 0 Å². The summed E-state index contributed by atoms with van der Waals surface area (Å²) in [5.74, 6) is -1.10. The van der Waals surface area contributed by atoms with Crippen LogP contribution in [0, 0.1) is 0 Å². The molecule has 2 N–H and O–H groups in total. The van der Waals surface area contributed by atoms with Crippen LogP contribution in [0.4, 0.5) is 4.79 Å². The summed E-state index contributed by atoms with van der Waals surface area (Å²) < 4.78 is 4.91. The number of likely N-dealkylation sites (tertiary alicyclic amines) is 1. The van der Waals surface area contributed by atoms with Gasteiger partial charge in [-0.05, 0) is 0 Å². The molecule has 2 amide bonds. The molecule has 0 aliphatic carbocycles. The normalized spacial score (nSPS) is 22.3. The number of urea groups is 1. The van der Waals surface area contributed by atoms with Gasteiger partial charge in [0.15, 0.2) is 0 Å². The molecule has 7 nitrogen and oxygen atoms in total. The van der Waals surface area contributed by atoms with E-state index in [0.29, 0.717) is 19.7 Å². The first kappa shape index (κ1) is 15.5. The van der Waals surface area contributed by atoms with Gasteiger partial charge in [-0.15, -0.1) is 6.58 Å². The van der Waals surface area contributed by atoms with Gasteiger partial charge < -0.3 is 24.7 Å². The third-order valence-electron chi connectivity index (χ3n) is 3.00. The van der Waals surface area contributed by atoms with Crippen molar-refractivity contribution < 1.29 is 24.5 Å². The Labute approximate surface area is 112 Å². The Morgan fingerprint density at radius 1 is 1.58 bits per heavy atom. The molecule has 108 valence electrons. The number of carbonyl (C=O) groups is 2. The average Bonchev–Trinajstić information content (AvgIpc) is 2.76. The van der Waals surface area contributed by atoms with Crippen LogP contribution >= 0.6 is 0 Å². The molecule has 1 aliphatic rings. The van der Waals surface area contributed by atoms with Gasteiger partial charge in [0, 0.05) is 33.2 Å². The van der Waals surface area contributed by atoms with Gasteiger partial charge in [0.1, 0.15) is 6.04 Å². The minimum Gasteiger partial charge on any atom is -0.480 e. The van der Waals surface area contributed by atoms with E-state index in [0.717, 1.165) is 0 Å². The molecule has 1 fully saturated rings. The number of aliphatic hydroxyl groups excluding tert-OH is 1. The molecule has 0 unspecified atom stereocenters. The van der Waals surface area contributed by atoms with Crippen molar-refractivity contribution in [2.45, 2.75) is 18.6 Å². The number of aliphatic hydroxyl groups is 1. The molecular formula is C12H20N2O5. The highest BCUT2D eigenvalue weighted by atomic mass is 16.5. The van der Waals surface area contributed by atoms with Crippen LogP contribution in [-0.2, 0) is 9.53 Å². The zero-order valence-electron chi connectivity index (χ0n) is 11.0. The maximum absolute atomic E-state index is 12.3. The maximum atomic E-state index is 12.3. The van der Waals surface area contributed by atoms with Gasteiger partial charge in [-0.1, -0.05) is 6.08 Å². The zero-order valence-corrected chi connectivity index (χ0v) is 11.0. The summed E-state index contributed by atoms with van der Waals surface area (Å²) in [6.07, 6.45) is 0.835. The summed E-state index contributed by atoms with van der Waals surface area (Å²) in [5.41, 5.74) is 0. The van der Waals surface area contributed by atoms with E-state index in [1.165, 1.54) is 16.9 Å². The Morgan fingerprint density at radius 2 is 2.26 bits per heavy atom. The highest BCUT2D eigenvalue weighted by Crippen LogP contribution is 2.20. The number of amides is 2. The zero-order chi connectivity index (χ0) is 14.4. The highest BCUT2D eigenvalue weighted by Gasteiger charge is 2.40. The standard InChI is InChI=1S/C12H20N2O5/c1-3-4-13(5-6-19-2)12(18)14-8-9(15)7-10(14)11(16)17/h3,9-10,15H,1,4-8H2,2H3,(H,16,17)/t9-,10+/m1/s1. The van der Waals surface area contributed by atoms with Crippen LogP contribution < -0.4 is 0 Å². The third kappa shape index (κ3) is 3.93. The van der Waals surface area contributed by atoms with Crippen molar-refractivity contribution in [3.8, 4) is 0 Å². The van der Waals surface area contributed by atoms with E-state index in [1.54, 1.807) is 6.08 Å². The molecule has 1 saturated heterocycles. The number of carboxylic acids is 1. The number of rotatable bonds is 6. The van der Waals surface area contributed by atoms with Gasteiger partial charge in [0.25, 0.3) is 0 Å². The number of aliphatic carboxylic acids is 1. The minimum atomic E-state index is -1.10. The van der Waals surface area contributed by atoms with Crippen molar-refractivity contribution in [3.05, 3.63) is 12.7 Å². The largest absolute Gasteiger partial charge is 0.480 e. The van der Waals surface area contributed by atoms with Gasteiger partial charge in [-0.3, -0.25) is 0 Å². The Balaban J connectivity index is 2.76. The lowest BCUT2D eigenvalue weighted by Gasteiger charge is -2.29. The molecule has 0 bridgehead atoms. The number of ether oxygens (including phenoxy) is 1. The van der Waals surface area contributed by atoms with Crippen LogP contribution in [-0.4, -0.2) is 77.5 Å². The predicted molar refractivity (Wildman–Crippen MR) is 67.8 cm³/mol. The second-order valence-electron chi connectivity index (χ2n) is 4.41. The third-order valence-corrected chi connectivity index (χ3v) is 3.00. The van der Waals surface area contributed by atoms with Gasteiger partial charge in [0.05, 0.1) is 12.7 Å². The van der Waals surface area contributed by atoms with Crippen LogP contribution in [0.1, 0.15) is 6.42 Å². The molecule has 0 saturated carbocycles. The first-order valence-electron chi connectivity index (χ1n) is 6.07. The molecule has 0 spiro atoms. The molecule has 19 heavy (non-hydrogen) atoms. The molecule has 1 heterocycles. The average molecular weight is 272 g/mol. The number of hydrogen-bond acceptors (Lipinski definition) is 4. The summed E-state index contributed by atoms with van der Waals surface area (Å²) in [6, 6.07) is -1.39. The fraction of sp³-hybridized carbons (Fsp3) is 0.667. The fourth-order valence-electron chi connectivity index (χ4n) is 2.06. The molecule has 0 aromatic rings. The molecular weight excluding hydrogens is 252 g/mol. The Hall–Kier alpha value is -1.60. The monoisotopic (exact) mass is 272 g/mol. The number of nitrogens with zero attached hydrogens (tertiary/aromatic N) is 2. The lowest BCUT2D eigenvalue weighted by Crippen LogP contribution is -2.49. The van der Waals surface area contributed by atoms with Crippen LogP contribution in [0.2, 0.25) is 0 Å². The molecule has 0 radical (unpaired) electrons. The summed E-state index contributed by atoms with van der Waals surface area (Å²) in [5, 5.41) is 18.6. The summed E-state index contributed by atoms with van der Waals surface area (Å²) >= 11 is 0. The molecule has 2 atom stereocenters. The Morgan fingerprint density at radius 3 is 2.79 bits per heavy atom. The Kier molecular flexibility index (Phi) is 5.78. The smallest absolute Gasteiger partial charge is 0.326 e. The van der Waals surface area contributed by atoms with Gasteiger partial charge in [-0.2, -0.15) is 0 Å². The van der Waals surface area contributed by atoms with E-state index >= 15 is 0 Å². The van der Waals surface area contributed by atoms with Crippen LogP contribution in [0.5, 0.6) is 0 Å². The SMILES string of the molecule is C=CCN(CCOC)C(=O)N1C[C@H](O)C[C@H]1C(=O)O. The number of β-amino-alcohol motifs (C(OH)–C–C–N with tert-alkyl or cyclic N) is 1. The van der Waals surface area contributed by atoms with Crippen LogP contribution in [0.25, 0.3) is 0 Å². The van der Waals surface area contributed by atoms with Crippen LogP contribution in [0.3, 0.4) is 0 Å². The van der Waals surface area contributed by atoms with Gasteiger partial charge in [0.2, 0.25) is 0 Å². The van der Waals surface area contributed by atoms with E-state index in [4.69, 9.17) is 9.84 Å². The van der Waals surface area contributed by atoms with Gasteiger partial charge >= 0.3 is 12.0 Å². The minimum absolute atomic E-state index is 0.0381. The highest BCUT2D eigenvalue weighted by molar-refractivity contribution is 5.83. The molecule has 1 rings (SSSR count). The fourth-order valence-corrected chi connectivity index (χ4v) is 2.06. The Bertz CT molecular complexity index is 347. The molecule has 7 heteroatoms. The molecule has 1 aliphatic heterocycles. The first-order valence-corrected chi connectivity index (χ1v) is 6.07. The number of carboxylic acid groups (broad SMARTS) is 1. The van der Waals surface area contributed by atoms with Crippen molar-refractivity contribution >= 4 is 12.0 Å². The number of methoxy groups -OCH3 is 1. The molecule has 0 aromatic carbocycles. The molecule has 0 aromatic heterocycles. The van der Waals surface area contributed by atoms with Crippen molar-refractivity contribution in [3.63, 3.8) is 0 Å².